The molecule has 0 unspecified atom stereocenters. The first-order valence-electron chi connectivity index (χ1n) is 5.82. The molecule has 0 fully saturated rings. The summed E-state index contributed by atoms with van der Waals surface area (Å²) in [6.45, 7) is 2.98. The molecule has 1 aromatic heterocycles. The largest absolute Gasteiger partial charge is 0.478 e. The number of carboxylic acid groups (broad SMARTS) is 2. The fraction of sp³-hybridized carbons (Fsp3) is 0.333. The molecule has 8 nitrogen and oxygen atoms in total. The average molecular weight is 362 g/mol. The maximum atomic E-state index is 11.7. The average Bonchev–Trinajstić information content (AvgIpc) is 2.79. The maximum absolute atomic E-state index is 11.7. The third kappa shape index (κ3) is 5.86. The van der Waals surface area contributed by atoms with Gasteiger partial charge in [0.25, 0.3) is 0 Å². The van der Waals surface area contributed by atoms with Gasteiger partial charge in [0.2, 0.25) is 0 Å². The smallest absolute Gasteiger partial charge is 0.349 e. The van der Waals surface area contributed by atoms with Gasteiger partial charge >= 0.3 is 23.9 Å². The second-order valence-corrected chi connectivity index (χ2v) is 4.58. The number of thiophene rings is 1. The van der Waals surface area contributed by atoms with Gasteiger partial charge in [-0.25, -0.2) is 19.2 Å². The minimum absolute atomic E-state index is 0. The van der Waals surface area contributed by atoms with Crippen LogP contribution in [0.15, 0.2) is 0 Å². The molecule has 0 aliphatic rings. The molecule has 0 aromatic carbocycles. The van der Waals surface area contributed by atoms with Crippen molar-refractivity contribution in [1.82, 2.24) is 0 Å². The number of hydrogen-bond donors (Lipinski definition) is 2. The van der Waals surface area contributed by atoms with Crippen LogP contribution in [0.2, 0.25) is 0 Å². The SMILES string of the molecule is CCOC(=O)c1sc(C(=O)OCC)c(C(=O)O)c1C(=O)O.[Na].[Na]. The summed E-state index contributed by atoms with van der Waals surface area (Å²) in [4.78, 5) is 45.0. The molecular weight excluding hydrogens is 350 g/mol. The van der Waals surface area contributed by atoms with Crippen LogP contribution in [-0.4, -0.2) is 106 Å². The summed E-state index contributed by atoms with van der Waals surface area (Å²) >= 11 is 0.428. The van der Waals surface area contributed by atoms with Crippen LogP contribution in [-0.2, 0) is 9.47 Å². The molecule has 0 saturated carbocycles. The Labute approximate surface area is 179 Å². The topological polar surface area (TPSA) is 127 Å². The van der Waals surface area contributed by atoms with Crippen molar-refractivity contribution in [3.05, 3.63) is 20.9 Å². The number of ether oxygens (including phenoxy) is 2. The van der Waals surface area contributed by atoms with E-state index in [2.05, 4.69) is 9.47 Å². The molecule has 0 spiro atoms. The number of aromatic carboxylic acids is 2. The van der Waals surface area contributed by atoms with Gasteiger partial charge in [0.1, 0.15) is 20.9 Å². The van der Waals surface area contributed by atoms with Crippen LogP contribution in [0.25, 0.3) is 0 Å². The van der Waals surface area contributed by atoms with Crippen molar-refractivity contribution in [3.63, 3.8) is 0 Å². The monoisotopic (exact) mass is 362 g/mol. The zero-order valence-electron chi connectivity index (χ0n) is 13.2. The number of hydrogen-bond acceptors (Lipinski definition) is 7. The van der Waals surface area contributed by atoms with Gasteiger partial charge < -0.3 is 19.7 Å². The number of carboxylic acids is 2. The summed E-state index contributed by atoms with van der Waals surface area (Å²) in [6.07, 6.45) is 0. The Bertz CT molecular complexity index is 560. The minimum atomic E-state index is -1.64. The van der Waals surface area contributed by atoms with E-state index >= 15 is 0 Å². The van der Waals surface area contributed by atoms with Gasteiger partial charge in [0.15, 0.2) is 0 Å². The molecule has 1 heterocycles. The Morgan fingerprint density at radius 2 is 1.13 bits per heavy atom. The van der Waals surface area contributed by atoms with E-state index in [0.29, 0.717) is 11.3 Å². The molecule has 0 bridgehead atoms. The zero-order chi connectivity index (χ0) is 16.2. The van der Waals surface area contributed by atoms with Crippen LogP contribution in [0.3, 0.4) is 0 Å². The molecule has 2 radical (unpaired) electrons. The van der Waals surface area contributed by atoms with E-state index < -0.39 is 44.8 Å². The molecule has 1 aromatic rings. The van der Waals surface area contributed by atoms with E-state index in [1.807, 2.05) is 0 Å². The number of carbonyl (C=O) groups is 4. The predicted octanol–water partition coefficient (Wildman–Crippen LogP) is 0.736. The second-order valence-electron chi connectivity index (χ2n) is 3.56. The van der Waals surface area contributed by atoms with E-state index in [1.165, 1.54) is 13.8 Å². The predicted molar refractivity (Wildman–Crippen MR) is 81.7 cm³/mol. The van der Waals surface area contributed by atoms with Crippen molar-refractivity contribution in [3.8, 4) is 0 Å². The number of esters is 2. The first-order valence-corrected chi connectivity index (χ1v) is 6.64. The molecule has 11 heteroatoms. The molecule has 0 amide bonds. The van der Waals surface area contributed by atoms with Crippen molar-refractivity contribution in [1.29, 1.82) is 0 Å². The van der Waals surface area contributed by atoms with Crippen molar-refractivity contribution < 1.29 is 38.9 Å². The van der Waals surface area contributed by atoms with Crippen LogP contribution in [0.4, 0.5) is 0 Å². The Hall–Kier alpha value is -0.420. The second kappa shape index (κ2) is 11.2. The minimum Gasteiger partial charge on any atom is -0.478 e. The quantitative estimate of drug-likeness (QED) is 0.560. The van der Waals surface area contributed by atoms with E-state index in [-0.39, 0.29) is 72.3 Å². The van der Waals surface area contributed by atoms with Gasteiger partial charge in [0, 0.05) is 59.1 Å². The fourth-order valence-corrected chi connectivity index (χ4v) is 2.59. The van der Waals surface area contributed by atoms with Crippen LogP contribution < -0.4 is 0 Å². The Morgan fingerprint density at radius 1 is 0.826 bits per heavy atom. The molecule has 2 N–H and O–H groups in total. The van der Waals surface area contributed by atoms with E-state index in [1.54, 1.807) is 0 Å². The van der Waals surface area contributed by atoms with E-state index in [0.717, 1.165) is 0 Å². The third-order valence-electron chi connectivity index (χ3n) is 2.26. The van der Waals surface area contributed by atoms with Gasteiger partial charge in [-0.2, -0.15) is 0 Å². The van der Waals surface area contributed by atoms with E-state index in [4.69, 9.17) is 10.2 Å². The summed E-state index contributed by atoms with van der Waals surface area (Å²) in [5, 5.41) is 18.2. The van der Waals surface area contributed by atoms with Gasteiger partial charge in [-0.15, -0.1) is 11.3 Å². The summed E-state index contributed by atoms with van der Waals surface area (Å²) in [7, 11) is 0. The van der Waals surface area contributed by atoms with Gasteiger partial charge in [-0.05, 0) is 13.8 Å². The van der Waals surface area contributed by atoms with Crippen LogP contribution in [0, 0.1) is 0 Å². The van der Waals surface area contributed by atoms with Crippen molar-refractivity contribution in [2.45, 2.75) is 13.8 Å². The van der Waals surface area contributed by atoms with E-state index in [9.17, 15) is 19.2 Å². The third-order valence-corrected chi connectivity index (χ3v) is 3.41. The van der Waals surface area contributed by atoms with Crippen LogP contribution in [0.1, 0.15) is 53.9 Å². The Morgan fingerprint density at radius 3 is 1.35 bits per heavy atom. The molecule has 0 saturated heterocycles. The standard InChI is InChI=1S/C12H12O8S.2Na/c1-3-19-11(17)7-5(9(13)14)6(10(15)16)8(21-7)12(18)20-4-2;;/h3-4H2,1-2H3,(H,13,14)(H,15,16);;. The Kier molecular flexibility index (Phi) is 12.1. The zero-order valence-corrected chi connectivity index (χ0v) is 18.0. The van der Waals surface area contributed by atoms with Crippen LogP contribution >= 0.6 is 11.3 Å². The van der Waals surface area contributed by atoms with Crippen LogP contribution in [0.5, 0.6) is 0 Å². The fourth-order valence-electron chi connectivity index (χ4n) is 1.52. The summed E-state index contributed by atoms with van der Waals surface area (Å²) in [5.74, 6) is -5.28. The first-order chi connectivity index (χ1) is 9.84. The van der Waals surface area contributed by atoms with Gasteiger partial charge in [-0.3, -0.25) is 0 Å². The molecule has 0 aliphatic carbocycles. The molecule has 0 atom stereocenters. The van der Waals surface area contributed by atoms with Gasteiger partial charge in [-0.1, -0.05) is 0 Å². The number of rotatable bonds is 6. The molecular formula is C12H12Na2O8S. The van der Waals surface area contributed by atoms with Crippen molar-refractivity contribution >= 4 is 94.3 Å². The molecule has 116 valence electrons. The maximum Gasteiger partial charge on any atom is 0.349 e. The molecule has 0 aliphatic heterocycles. The van der Waals surface area contributed by atoms with Crippen molar-refractivity contribution in [2.75, 3.05) is 13.2 Å². The normalized spacial score (nSPS) is 9.13. The molecule has 1 rings (SSSR count). The first kappa shape index (κ1) is 24.8. The summed E-state index contributed by atoms with van der Waals surface area (Å²) in [6, 6.07) is 0. The van der Waals surface area contributed by atoms with Gasteiger partial charge in [0.05, 0.1) is 13.2 Å². The number of carbonyl (C=O) groups excluding carboxylic acids is 2. The summed E-state index contributed by atoms with van der Waals surface area (Å²) in [5.41, 5.74) is -1.54. The summed E-state index contributed by atoms with van der Waals surface area (Å²) < 4.78 is 9.34. The Balaban J connectivity index is 0. The molecule has 23 heavy (non-hydrogen) atoms. The van der Waals surface area contributed by atoms with Crippen molar-refractivity contribution in [2.24, 2.45) is 0 Å².